The molecule has 2 aromatic heterocycles. The quantitative estimate of drug-likeness (QED) is 0.715. The van der Waals surface area contributed by atoms with E-state index in [0.29, 0.717) is 29.9 Å². The first-order valence-corrected chi connectivity index (χ1v) is 8.55. The molecule has 0 bridgehead atoms. The standard InChI is InChI=1S/C19H21N5O2/c1-3-6-16(25)22-15-8-4-7-14(11-15)12-21-19(26)17-13(2)23-24-10-5-9-20-18(17)24/h4-5,7-11H,3,6,12H2,1-2H3,(H,21,26)(H,22,25). The minimum Gasteiger partial charge on any atom is -0.348 e. The van der Waals surface area contributed by atoms with E-state index in [4.69, 9.17) is 0 Å². The number of hydrogen-bond acceptors (Lipinski definition) is 4. The molecule has 0 atom stereocenters. The molecular weight excluding hydrogens is 330 g/mol. The molecule has 2 amide bonds. The number of amides is 2. The third-order valence-corrected chi connectivity index (χ3v) is 3.94. The van der Waals surface area contributed by atoms with Crippen LogP contribution in [-0.2, 0) is 11.3 Å². The van der Waals surface area contributed by atoms with Crippen LogP contribution in [0.25, 0.3) is 5.65 Å². The number of fused-ring (bicyclic) bond motifs is 1. The van der Waals surface area contributed by atoms with Gasteiger partial charge >= 0.3 is 0 Å². The number of benzene rings is 1. The summed E-state index contributed by atoms with van der Waals surface area (Å²) in [6, 6.07) is 9.20. The van der Waals surface area contributed by atoms with E-state index in [1.54, 1.807) is 29.9 Å². The van der Waals surface area contributed by atoms with Gasteiger partial charge in [0, 0.05) is 31.0 Å². The van der Waals surface area contributed by atoms with Gasteiger partial charge in [0.05, 0.1) is 5.69 Å². The van der Waals surface area contributed by atoms with Crippen LogP contribution in [0.3, 0.4) is 0 Å². The zero-order valence-electron chi connectivity index (χ0n) is 14.8. The van der Waals surface area contributed by atoms with Crippen LogP contribution in [-0.4, -0.2) is 26.4 Å². The highest BCUT2D eigenvalue weighted by atomic mass is 16.2. The second kappa shape index (κ2) is 7.77. The molecule has 2 heterocycles. The zero-order valence-corrected chi connectivity index (χ0v) is 14.8. The number of carbonyl (C=O) groups is 2. The number of aromatic nitrogens is 3. The van der Waals surface area contributed by atoms with Crippen LogP contribution < -0.4 is 10.6 Å². The molecule has 134 valence electrons. The molecule has 0 unspecified atom stereocenters. The molecule has 0 fully saturated rings. The molecule has 0 aliphatic carbocycles. The minimum atomic E-state index is -0.225. The number of anilines is 1. The average molecular weight is 351 g/mol. The van der Waals surface area contributed by atoms with Gasteiger partial charge in [0.25, 0.3) is 5.91 Å². The predicted octanol–water partition coefficient (Wildman–Crippen LogP) is 2.71. The van der Waals surface area contributed by atoms with Crippen molar-refractivity contribution in [3.8, 4) is 0 Å². The van der Waals surface area contributed by atoms with Gasteiger partial charge < -0.3 is 10.6 Å². The van der Waals surface area contributed by atoms with E-state index in [-0.39, 0.29) is 11.8 Å². The van der Waals surface area contributed by atoms with Gasteiger partial charge in [-0.1, -0.05) is 19.1 Å². The fourth-order valence-corrected chi connectivity index (χ4v) is 2.74. The third-order valence-electron chi connectivity index (χ3n) is 3.94. The molecule has 2 N–H and O–H groups in total. The molecule has 0 radical (unpaired) electrons. The maximum atomic E-state index is 12.6. The maximum absolute atomic E-state index is 12.6. The number of nitrogens with zero attached hydrogens (tertiary/aromatic N) is 3. The highest BCUT2D eigenvalue weighted by molar-refractivity contribution is 6.01. The molecule has 0 aliphatic rings. The number of hydrogen-bond donors (Lipinski definition) is 2. The van der Waals surface area contributed by atoms with Gasteiger partial charge in [-0.15, -0.1) is 0 Å². The summed E-state index contributed by atoms with van der Waals surface area (Å²) in [5.74, 6) is -0.238. The van der Waals surface area contributed by atoms with Gasteiger partial charge in [-0.25, -0.2) is 9.50 Å². The van der Waals surface area contributed by atoms with Crippen molar-refractivity contribution in [1.29, 1.82) is 0 Å². The summed E-state index contributed by atoms with van der Waals surface area (Å²) in [6.45, 7) is 4.09. The molecule has 0 spiro atoms. The number of carbonyl (C=O) groups excluding carboxylic acids is 2. The van der Waals surface area contributed by atoms with Crippen LogP contribution in [0.5, 0.6) is 0 Å². The summed E-state index contributed by atoms with van der Waals surface area (Å²) in [5, 5.41) is 10.1. The minimum absolute atomic E-state index is 0.0123. The van der Waals surface area contributed by atoms with Crippen molar-refractivity contribution in [2.45, 2.75) is 33.2 Å². The summed E-state index contributed by atoms with van der Waals surface area (Å²) in [4.78, 5) is 28.5. The summed E-state index contributed by atoms with van der Waals surface area (Å²) in [5.41, 5.74) is 3.25. The Morgan fingerprint density at radius 3 is 2.88 bits per heavy atom. The highest BCUT2D eigenvalue weighted by Gasteiger charge is 2.17. The van der Waals surface area contributed by atoms with E-state index in [2.05, 4.69) is 20.7 Å². The number of aryl methyl sites for hydroxylation is 1. The Morgan fingerprint density at radius 2 is 2.08 bits per heavy atom. The smallest absolute Gasteiger partial charge is 0.257 e. The monoisotopic (exact) mass is 351 g/mol. The lowest BCUT2D eigenvalue weighted by atomic mass is 10.1. The Balaban J connectivity index is 1.69. The van der Waals surface area contributed by atoms with Crippen molar-refractivity contribution >= 4 is 23.1 Å². The lowest BCUT2D eigenvalue weighted by Crippen LogP contribution is -2.23. The largest absolute Gasteiger partial charge is 0.348 e. The maximum Gasteiger partial charge on any atom is 0.257 e. The molecule has 0 aliphatic heterocycles. The zero-order chi connectivity index (χ0) is 18.5. The van der Waals surface area contributed by atoms with Crippen LogP contribution in [0, 0.1) is 6.92 Å². The van der Waals surface area contributed by atoms with Crippen molar-refractivity contribution in [3.63, 3.8) is 0 Å². The highest BCUT2D eigenvalue weighted by Crippen LogP contribution is 2.14. The van der Waals surface area contributed by atoms with E-state index in [0.717, 1.165) is 17.7 Å². The molecule has 26 heavy (non-hydrogen) atoms. The lowest BCUT2D eigenvalue weighted by molar-refractivity contribution is -0.116. The molecular formula is C19H21N5O2. The van der Waals surface area contributed by atoms with Gasteiger partial charge in [0.1, 0.15) is 5.56 Å². The molecule has 3 aromatic rings. The molecule has 7 nitrogen and oxygen atoms in total. The first-order valence-electron chi connectivity index (χ1n) is 8.55. The summed E-state index contributed by atoms with van der Waals surface area (Å²) in [6.07, 6.45) is 4.68. The molecule has 0 saturated heterocycles. The summed E-state index contributed by atoms with van der Waals surface area (Å²) < 4.78 is 1.59. The predicted molar refractivity (Wildman–Crippen MR) is 98.9 cm³/mol. The van der Waals surface area contributed by atoms with E-state index < -0.39 is 0 Å². The fraction of sp³-hybridized carbons (Fsp3) is 0.263. The number of rotatable bonds is 6. The van der Waals surface area contributed by atoms with Gasteiger partial charge in [0.15, 0.2) is 5.65 Å². The molecule has 7 heteroatoms. The molecule has 0 saturated carbocycles. The van der Waals surface area contributed by atoms with Crippen LogP contribution in [0.1, 0.15) is 41.4 Å². The van der Waals surface area contributed by atoms with Gasteiger partial charge in [-0.05, 0) is 37.1 Å². The Bertz CT molecular complexity index is 948. The SMILES string of the molecule is CCCC(=O)Nc1cccc(CNC(=O)c2c(C)nn3cccnc23)c1. The van der Waals surface area contributed by atoms with E-state index in [9.17, 15) is 9.59 Å². The third kappa shape index (κ3) is 3.88. The summed E-state index contributed by atoms with van der Waals surface area (Å²) in [7, 11) is 0. The topological polar surface area (TPSA) is 88.4 Å². The molecule has 3 rings (SSSR count). The van der Waals surface area contributed by atoms with Crippen LogP contribution >= 0.6 is 0 Å². The number of nitrogens with one attached hydrogen (secondary N) is 2. The van der Waals surface area contributed by atoms with E-state index in [1.165, 1.54) is 0 Å². The second-order valence-electron chi connectivity index (χ2n) is 6.03. The Labute approximate surface area is 151 Å². The Kier molecular flexibility index (Phi) is 5.26. The Hall–Kier alpha value is -3.22. The normalized spacial score (nSPS) is 10.7. The van der Waals surface area contributed by atoms with Crippen molar-refractivity contribution in [2.75, 3.05) is 5.32 Å². The van der Waals surface area contributed by atoms with Crippen LogP contribution in [0.4, 0.5) is 5.69 Å². The van der Waals surface area contributed by atoms with Crippen molar-refractivity contribution in [3.05, 3.63) is 59.5 Å². The van der Waals surface area contributed by atoms with Gasteiger partial charge in [0.2, 0.25) is 5.91 Å². The summed E-state index contributed by atoms with van der Waals surface area (Å²) >= 11 is 0. The van der Waals surface area contributed by atoms with Crippen molar-refractivity contribution in [1.82, 2.24) is 19.9 Å². The van der Waals surface area contributed by atoms with E-state index >= 15 is 0 Å². The van der Waals surface area contributed by atoms with Crippen molar-refractivity contribution < 1.29 is 9.59 Å². The van der Waals surface area contributed by atoms with Crippen LogP contribution in [0.15, 0.2) is 42.7 Å². The van der Waals surface area contributed by atoms with Gasteiger partial charge in [-0.3, -0.25) is 9.59 Å². The Morgan fingerprint density at radius 1 is 1.23 bits per heavy atom. The van der Waals surface area contributed by atoms with Crippen LogP contribution in [0.2, 0.25) is 0 Å². The average Bonchev–Trinajstić information content (AvgIpc) is 2.96. The van der Waals surface area contributed by atoms with E-state index in [1.807, 2.05) is 31.2 Å². The van der Waals surface area contributed by atoms with Gasteiger partial charge in [-0.2, -0.15) is 5.10 Å². The first-order chi connectivity index (χ1) is 12.6. The fourth-order valence-electron chi connectivity index (χ4n) is 2.74. The molecule has 1 aromatic carbocycles. The first kappa shape index (κ1) is 17.6. The lowest BCUT2D eigenvalue weighted by Gasteiger charge is -2.08. The second-order valence-corrected chi connectivity index (χ2v) is 6.03. The van der Waals surface area contributed by atoms with Crippen molar-refractivity contribution in [2.24, 2.45) is 0 Å².